The van der Waals surface area contributed by atoms with Crippen LogP contribution in [0.3, 0.4) is 0 Å². The Labute approximate surface area is 162 Å². The van der Waals surface area contributed by atoms with Crippen molar-refractivity contribution in [2.45, 2.75) is 26.3 Å². The molecule has 148 valence electrons. The lowest BCUT2D eigenvalue weighted by molar-refractivity contribution is 0.146. The number of nitrogens with one attached hydrogen (secondary N) is 1. The molecule has 0 spiro atoms. The largest absolute Gasteiger partial charge is 0.496 e. The second-order valence-electron chi connectivity index (χ2n) is 6.18. The van der Waals surface area contributed by atoms with Crippen molar-refractivity contribution in [3.05, 3.63) is 54.0 Å². The summed E-state index contributed by atoms with van der Waals surface area (Å²) in [5.74, 6) is 2.71. The minimum atomic E-state index is 0.710. The van der Waals surface area contributed by atoms with Gasteiger partial charge in [-0.1, -0.05) is 18.2 Å². The third-order valence-electron chi connectivity index (χ3n) is 4.11. The van der Waals surface area contributed by atoms with E-state index in [0.29, 0.717) is 6.54 Å². The number of ether oxygens (including phenoxy) is 2. The van der Waals surface area contributed by atoms with Crippen molar-refractivity contribution >= 4 is 5.96 Å². The molecule has 6 heteroatoms. The number of para-hydroxylation sites is 1. The molecular formula is C21H31N3O3. The maximum atomic E-state index is 5.47. The van der Waals surface area contributed by atoms with Crippen molar-refractivity contribution < 1.29 is 13.9 Å². The molecule has 2 rings (SSSR count). The Bertz CT molecular complexity index is 671. The topological polar surface area (TPSA) is 59.2 Å². The summed E-state index contributed by atoms with van der Waals surface area (Å²) < 4.78 is 16.3. The van der Waals surface area contributed by atoms with Crippen molar-refractivity contribution in [2.24, 2.45) is 4.99 Å². The molecule has 1 aromatic carbocycles. The van der Waals surface area contributed by atoms with Crippen LogP contribution < -0.4 is 10.1 Å². The molecule has 1 aromatic heterocycles. The van der Waals surface area contributed by atoms with E-state index in [0.717, 1.165) is 62.2 Å². The molecule has 0 aliphatic carbocycles. The zero-order chi connectivity index (χ0) is 19.3. The van der Waals surface area contributed by atoms with Crippen molar-refractivity contribution in [1.82, 2.24) is 10.2 Å². The second kappa shape index (κ2) is 12.0. The number of guanidine groups is 1. The Balaban J connectivity index is 1.96. The molecule has 27 heavy (non-hydrogen) atoms. The van der Waals surface area contributed by atoms with Crippen LogP contribution in [0.15, 0.2) is 52.1 Å². The van der Waals surface area contributed by atoms with Gasteiger partial charge in [0.15, 0.2) is 5.96 Å². The average molecular weight is 373 g/mol. The SMILES string of the molecule is CCOCCCN=C(NCCc1ccco1)N(C)Cc1ccccc1OC. The first-order chi connectivity index (χ1) is 13.2. The molecule has 1 heterocycles. The van der Waals surface area contributed by atoms with Crippen LogP contribution in [0.2, 0.25) is 0 Å². The van der Waals surface area contributed by atoms with E-state index in [1.807, 2.05) is 44.3 Å². The smallest absolute Gasteiger partial charge is 0.193 e. The van der Waals surface area contributed by atoms with Crippen molar-refractivity contribution in [2.75, 3.05) is 40.5 Å². The van der Waals surface area contributed by atoms with Crippen LogP contribution in [0, 0.1) is 0 Å². The molecule has 6 nitrogen and oxygen atoms in total. The fourth-order valence-electron chi connectivity index (χ4n) is 2.72. The zero-order valence-electron chi connectivity index (χ0n) is 16.6. The number of rotatable bonds is 11. The maximum Gasteiger partial charge on any atom is 0.193 e. The van der Waals surface area contributed by atoms with Gasteiger partial charge in [0.1, 0.15) is 11.5 Å². The summed E-state index contributed by atoms with van der Waals surface area (Å²) in [6.07, 6.45) is 3.42. The first-order valence-electron chi connectivity index (χ1n) is 9.46. The van der Waals surface area contributed by atoms with Gasteiger partial charge < -0.3 is 24.1 Å². The van der Waals surface area contributed by atoms with Gasteiger partial charge in [0.05, 0.1) is 13.4 Å². The highest BCUT2D eigenvalue weighted by Gasteiger charge is 2.10. The third-order valence-corrected chi connectivity index (χ3v) is 4.11. The molecule has 0 saturated carbocycles. The van der Waals surface area contributed by atoms with Crippen LogP contribution in [0.4, 0.5) is 0 Å². The van der Waals surface area contributed by atoms with Crippen LogP contribution >= 0.6 is 0 Å². The summed E-state index contributed by atoms with van der Waals surface area (Å²) in [5.41, 5.74) is 1.12. The Morgan fingerprint density at radius 2 is 2.07 bits per heavy atom. The van der Waals surface area contributed by atoms with E-state index in [2.05, 4.69) is 16.3 Å². The van der Waals surface area contributed by atoms with E-state index in [-0.39, 0.29) is 0 Å². The first-order valence-corrected chi connectivity index (χ1v) is 9.46. The second-order valence-corrected chi connectivity index (χ2v) is 6.18. The zero-order valence-corrected chi connectivity index (χ0v) is 16.6. The van der Waals surface area contributed by atoms with Crippen LogP contribution in [-0.2, 0) is 17.7 Å². The predicted molar refractivity (Wildman–Crippen MR) is 108 cm³/mol. The van der Waals surface area contributed by atoms with Gasteiger partial charge in [-0.15, -0.1) is 0 Å². The van der Waals surface area contributed by atoms with Crippen LogP contribution in [0.25, 0.3) is 0 Å². The molecule has 0 unspecified atom stereocenters. The highest BCUT2D eigenvalue weighted by Crippen LogP contribution is 2.18. The number of methoxy groups -OCH3 is 1. The van der Waals surface area contributed by atoms with E-state index < -0.39 is 0 Å². The molecule has 1 N–H and O–H groups in total. The Morgan fingerprint density at radius 1 is 1.22 bits per heavy atom. The van der Waals surface area contributed by atoms with Gasteiger partial charge in [0, 0.05) is 51.9 Å². The lowest BCUT2D eigenvalue weighted by Gasteiger charge is -2.23. The van der Waals surface area contributed by atoms with Gasteiger partial charge in [0.2, 0.25) is 0 Å². The Hall–Kier alpha value is -2.47. The first kappa shape index (κ1) is 20.8. The number of hydrogen-bond donors (Lipinski definition) is 1. The minimum absolute atomic E-state index is 0.710. The average Bonchev–Trinajstić information content (AvgIpc) is 3.20. The molecule has 2 aromatic rings. The number of benzene rings is 1. The predicted octanol–water partition coefficient (Wildman–Crippen LogP) is 3.33. The highest BCUT2D eigenvalue weighted by atomic mass is 16.5. The van der Waals surface area contributed by atoms with Crippen LogP contribution in [-0.4, -0.2) is 51.3 Å². The van der Waals surface area contributed by atoms with Crippen LogP contribution in [0.1, 0.15) is 24.7 Å². The summed E-state index contributed by atoms with van der Waals surface area (Å²) in [4.78, 5) is 6.86. The minimum Gasteiger partial charge on any atom is -0.496 e. The third kappa shape index (κ3) is 7.35. The lowest BCUT2D eigenvalue weighted by Crippen LogP contribution is -2.39. The van der Waals surface area contributed by atoms with Gasteiger partial charge in [-0.3, -0.25) is 4.99 Å². The molecule has 0 atom stereocenters. The van der Waals surface area contributed by atoms with Gasteiger partial charge in [-0.2, -0.15) is 0 Å². The van der Waals surface area contributed by atoms with E-state index in [9.17, 15) is 0 Å². The summed E-state index contributed by atoms with van der Waals surface area (Å²) in [6, 6.07) is 11.9. The molecule has 0 bridgehead atoms. The number of hydrogen-bond acceptors (Lipinski definition) is 4. The summed E-state index contributed by atoms with van der Waals surface area (Å²) >= 11 is 0. The Kier molecular flexibility index (Phi) is 9.27. The van der Waals surface area contributed by atoms with Gasteiger partial charge >= 0.3 is 0 Å². The van der Waals surface area contributed by atoms with Gasteiger partial charge in [-0.05, 0) is 31.5 Å². The van der Waals surface area contributed by atoms with E-state index in [1.54, 1.807) is 13.4 Å². The van der Waals surface area contributed by atoms with E-state index >= 15 is 0 Å². The fourth-order valence-corrected chi connectivity index (χ4v) is 2.72. The summed E-state index contributed by atoms with van der Waals surface area (Å²) in [7, 11) is 3.73. The molecule has 0 saturated heterocycles. The van der Waals surface area contributed by atoms with Gasteiger partial charge in [0.25, 0.3) is 0 Å². The molecule has 0 amide bonds. The summed E-state index contributed by atoms with van der Waals surface area (Å²) in [5, 5.41) is 3.44. The van der Waals surface area contributed by atoms with E-state index in [4.69, 9.17) is 18.9 Å². The quantitative estimate of drug-likeness (QED) is 0.372. The van der Waals surface area contributed by atoms with Crippen molar-refractivity contribution in [1.29, 1.82) is 0 Å². The number of furan rings is 1. The van der Waals surface area contributed by atoms with Crippen LogP contribution in [0.5, 0.6) is 5.75 Å². The number of aliphatic imine (C=N–C) groups is 1. The monoisotopic (exact) mass is 373 g/mol. The molecule has 0 aliphatic rings. The molecular weight excluding hydrogens is 342 g/mol. The van der Waals surface area contributed by atoms with Crippen molar-refractivity contribution in [3.63, 3.8) is 0 Å². The molecule has 0 radical (unpaired) electrons. The summed E-state index contributed by atoms with van der Waals surface area (Å²) in [6.45, 7) is 5.67. The normalized spacial score (nSPS) is 11.4. The van der Waals surface area contributed by atoms with Gasteiger partial charge in [-0.25, -0.2) is 0 Å². The van der Waals surface area contributed by atoms with E-state index in [1.165, 1.54) is 0 Å². The lowest BCUT2D eigenvalue weighted by atomic mass is 10.2. The highest BCUT2D eigenvalue weighted by molar-refractivity contribution is 5.79. The van der Waals surface area contributed by atoms with Crippen molar-refractivity contribution in [3.8, 4) is 5.75 Å². The molecule has 0 aliphatic heterocycles. The standard InChI is InChI=1S/C21H31N3O3/c1-4-26-15-8-13-22-21(23-14-12-19-10-7-16-27-19)24(2)17-18-9-5-6-11-20(18)25-3/h5-7,9-11,16H,4,8,12-15,17H2,1-3H3,(H,22,23). The maximum absolute atomic E-state index is 5.47. The Morgan fingerprint density at radius 3 is 2.81 bits per heavy atom. The fraction of sp³-hybridized carbons (Fsp3) is 0.476. The number of nitrogens with zero attached hydrogens (tertiary/aromatic N) is 2. The molecule has 0 fully saturated rings.